The average Bonchev–Trinajstić information content (AvgIpc) is 3.71. The van der Waals surface area contributed by atoms with Crippen molar-refractivity contribution >= 4 is 33.9 Å². The van der Waals surface area contributed by atoms with Gasteiger partial charge < -0.3 is 9.80 Å². The zero-order valence-electron chi connectivity index (χ0n) is 28.6. The van der Waals surface area contributed by atoms with Gasteiger partial charge in [-0.15, -0.1) is 0 Å². The van der Waals surface area contributed by atoms with E-state index in [9.17, 15) is 0 Å². The summed E-state index contributed by atoms with van der Waals surface area (Å²) in [6.07, 6.45) is 39.4. The normalized spacial score (nSPS) is 26.0. The molecule has 0 fully saturated rings. The van der Waals surface area contributed by atoms with Crippen LogP contribution in [0.5, 0.6) is 0 Å². The lowest BCUT2D eigenvalue weighted by atomic mass is 9.77. The molecule has 4 unspecified atom stereocenters. The number of anilines is 3. The molecule has 10 rings (SSSR count). The van der Waals surface area contributed by atoms with Crippen LogP contribution in [0.15, 0.2) is 151 Å². The number of allylic oxidation sites excluding steroid dienone is 13. The SMILES string of the molecule is C1=CCCC(c2cc(C3=CCCC=C3)nc(N3c4ccc(C5=CC=CC6C5C5=C(CCCC5)N6c5ccccc5)cc4C4C=CC=CC43)c2)=C1. The van der Waals surface area contributed by atoms with Gasteiger partial charge in [-0.1, -0.05) is 103 Å². The molecule has 0 amide bonds. The van der Waals surface area contributed by atoms with E-state index in [4.69, 9.17) is 4.98 Å². The highest BCUT2D eigenvalue weighted by atomic mass is 15.2. The van der Waals surface area contributed by atoms with E-state index in [-0.39, 0.29) is 12.0 Å². The van der Waals surface area contributed by atoms with E-state index in [1.54, 1.807) is 11.3 Å². The quantitative estimate of drug-likeness (QED) is 0.274. The minimum Gasteiger partial charge on any atom is -0.337 e. The molecule has 0 N–H and O–H groups in total. The van der Waals surface area contributed by atoms with Crippen LogP contribution in [-0.2, 0) is 0 Å². The van der Waals surface area contributed by atoms with Crippen LogP contribution in [0.4, 0.5) is 17.2 Å². The monoisotopic (exact) mass is 649 g/mol. The van der Waals surface area contributed by atoms with Crippen LogP contribution >= 0.6 is 0 Å². The Kier molecular flexibility index (Phi) is 7.33. The molecule has 2 aromatic carbocycles. The first kappa shape index (κ1) is 29.7. The number of benzene rings is 2. The molecular formula is C47H43N3. The summed E-state index contributed by atoms with van der Waals surface area (Å²) in [4.78, 5) is 10.6. The molecule has 50 heavy (non-hydrogen) atoms. The summed E-state index contributed by atoms with van der Waals surface area (Å²) in [6, 6.07) is 23.6. The van der Waals surface area contributed by atoms with E-state index in [0.717, 1.165) is 37.2 Å². The van der Waals surface area contributed by atoms with Crippen LogP contribution in [0, 0.1) is 5.92 Å². The van der Waals surface area contributed by atoms with Gasteiger partial charge in [-0.2, -0.15) is 0 Å². The molecule has 3 heterocycles. The summed E-state index contributed by atoms with van der Waals surface area (Å²) in [5, 5.41) is 0. The second-order valence-corrected chi connectivity index (χ2v) is 14.7. The second-order valence-electron chi connectivity index (χ2n) is 14.7. The van der Waals surface area contributed by atoms with Gasteiger partial charge in [0, 0.05) is 28.9 Å². The van der Waals surface area contributed by atoms with Crippen LogP contribution in [0.25, 0.3) is 16.7 Å². The van der Waals surface area contributed by atoms with E-state index >= 15 is 0 Å². The third-order valence-electron chi connectivity index (χ3n) is 11.9. The van der Waals surface area contributed by atoms with Gasteiger partial charge in [0.1, 0.15) is 5.82 Å². The molecule has 3 nitrogen and oxygen atoms in total. The standard InChI is InChI=1S/C47H43N3/c1-4-15-32(16-5-1)35-30-41(33-17-6-2-7-18-33)48-46(31-35)50-42-24-12-10-21-38(42)40-29-34(27-28-44(40)50)37-23-14-26-45-47(37)39-22-11-13-25-43(39)49(45)36-19-8-3-9-20-36/h1,3-4,6,8-10,12,14-15,17-21,23-24,26-31,38,42,45,47H,2,5,7,11,13,16,22,25H2. The smallest absolute Gasteiger partial charge is 0.134 e. The molecule has 0 radical (unpaired) electrons. The van der Waals surface area contributed by atoms with Crippen molar-refractivity contribution in [3.63, 3.8) is 0 Å². The molecule has 0 saturated heterocycles. The second kappa shape index (κ2) is 12.3. The minimum atomic E-state index is 0.192. The van der Waals surface area contributed by atoms with Gasteiger partial charge in [0.05, 0.1) is 17.8 Å². The van der Waals surface area contributed by atoms with Crippen LogP contribution in [0.1, 0.15) is 79.7 Å². The first-order valence-electron chi connectivity index (χ1n) is 18.8. The van der Waals surface area contributed by atoms with Gasteiger partial charge >= 0.3 is 0 Å². The Hall–Kier alpha value is -5.15. The molecule has 2 aliphatic heterocycles. The lowest BCUT2D eigenvalue weighted by Crippen LogP contribution is -2.34. The first-order valence-corrected chi connectivity index (χ1v) is 18.8. The Morgan fingerprint density at radius 2 is 1.58 bits per heavy atom. The lowest BCUT2D eigenvalue weighted by Gasteiger charge is -2.33. The number of aromatic nitrogens is 1. The Labute approximate surface area is 296 Å². The molecule has 3 aromatic rings. The maximum Gasteiger partial charge on any atom is 0.134 e. The highest BCUT2D eigenvalue weighted by Gasteiger charge is 2.44. The first-order chi connectivity index (χ1) is 24.8. The summed E-state index contributed by atoms with van der Waals surface area (Å²) in [7, 11) is 0. The van der Waals surface area contributed by atoms with Crippen molar-refractivity contribution in [3.05, 3.63) is 173 Å². The van der Waals surface area contributed by atoms with Gasteiger partial charge in [-0.3, -0.25) is 0 Å². The maximum atomic E-state index is 5.43. The molecule has 3 heteroatoms. The number of rotatable bonds is 5. The molecule has 7 aliphatic rings. The third-order valence-corrected chi connectivity index (χ3v) is 11.9. The number of pyridine rings is 1. The number of hydrogen-bond donors (Lipinski definition) is 0. The Bertz CT molecular complexity index is 2150. The largest absolute Gasteiger partial charge is 0.337 e. The predicted molar refractivity (Wildman–Crippen MR) is 209 cm³/mol. The minimum absolute atomic E-state index is 0.192. The highest BCUT2D eigenvalue weighted by molar-refractivity contribution is 5.84. The molecule has 0 bridgehead atoms. The number of nitrogens with zero attached hydrogens (tertiary/aromatic N) is 3. The molecule has 1 aromatic heterocycles. The van der Waals surface area contributed by atoms with Crippen molar-refractivity contribution in [2.75, 3.05) is 9.80 Å². The van der Waals surface area contributed by atoms with Crippen LogP contribution in [0.2, 0.25) is 0 Å². The molecular weight excluding hydrogens is 607 g/mol. The molecule has 4 atom stereocenters. The van der Waals surface area contributed by atoms with Crippen molar-refractivity contribution < 1.29 is 0 Å². The third kappa shape index (κ3) is 4.89. The zero-order chi connectivity index (χ0) is 33.0. The van der Waals surface area contributed by atoms with Gasteiger partial charge in [-0.05, 0) is 127 Å². The Balaban J connectivity index is 1.07. The Morgan fingerprint density at radius 3 is 2.46 bits per heavy atom. The summed E-state index contributed by atoms with van der Waals surface area (Å²) in [5.41, 5.74) is 15.1. The summed E-state index contributed by atoms with van der Waals surface area (Å²) >= 11 is 0. The van der Waals surface area contributed by atoms with E-state index in [1.165, 1.54) is 70.5 Å². The molecule has 246 valence electrons. The van der Waals surface area contributed by atoms with E-state index in [2.05, 4.69) is 149 Å². The van der Waals surface area contributed by atoms with Gasteiger partial charge in [-0.25, -0.2) is 4.98 Å². The summed E-state index contributed by atoms with van der Waals surface area (Å²) < 4.78 is 0. The van der Waals surface area contributed by atoms with Crippen molar-refractivity contribution in [3.8, 4) is 0 Å². The van der Waals surface area contributed by atoms with E-state index in [1.807, 2.05) is 0 Å². The predicted octanol–water partition coefficient (Wildman–Crippen LogP) is 11.6. The van der Waals surface area contributed by atoms with Gasteiger partial charge in [0.25, 0.3) is 0 Å². The number of hydrogen-bond acceptors (Lipinski definition) is 3. The summed E-state index contributed by atoms with van der Waals surface area (Å²) in [5.74, 6) is 1.71. The van der Waals surface area contributed by atoms with Crippen LogP contribution in [-0.4, -0.2) is 17.1 Å². The molecule has 0 saturated carbocycles. The number of para-hydroxylation sites is 1. The van der Waals surface area contributed by atoms with Crippen LogP contribution in [0.3, 0.4) is 0 Å². The summed E-state index contributed by atoms with van der Waals surface area (Å²) in [6.45, 7) is 0. The fourth-order valence-electron chi connectivity index (χ4n) is 9.60. The highest BCUT2D eigenvalue weighted by Crippen LogP contribution is 2.53. The van der Waals surface area contributed by atoms with Crippen molar-refractivity contribution in [1.29, 1.82) is 0 Å². The van der Waals surface area contributed by atoms with Crippen molar-refractivity contribution in [2.45, 2.75) is 69.4 Å². The molecule has 5 aliphatic carbocycles. The Morgan fingerprint density at radius 1 is 0.680 bits per heavy atom. The molecule has 0 spiro atoms. The van der Waals surface area contributed by atoms with Gasteiger partial charge in [0.2, 0.25) is 0 Å². The van der Waals surface area contributed by atoms with Crippen molar-refractivity contribution in [2.24, 2.45) is 5.92 Å². The van der Waals surface area contributed by atoms with Crippen molar-refractivity contribution in [1.82, 2.24) is 4.98 Å². The topological polar surface area (TPSA) is 19.4 Å². The van der Waals surface area contributed by atoms with E-state index < -0.39 is 0 Å². The lowest BCUT2D eigenvalue weighted by molar-refractivity contribution is 0.643. The fourth-order valence-corrected chi connectivity index (χ4v) is 9.60. The fraction of sp³-hybridized carbons (Fsp3) is 0.255. The average molecular weight is 650 g/mol. The maximum absolute atomic E-state index is 5.43. The zero-order valence-corrected chi connectivity index (χ0v) is 28.6. The number of fused-ring (bicyclic) bond motifs is 5. The van der Waals surface area contributed by atoms with Crippen LogP contribution < -0.4 is 9.80 Å². The van der Waals surface area contributed by atoms with E-state index in [0.29, 0.717) is 12.0 Å². The van der Waals surface area contributed by atoms with Gasteiger partial charge in [0.15, 0.2) is 0 Å².